The average Bonchev–Trinajstić information content (AvgIpc) is 2.55. The van der Waals surface area contributed by atoms with Crippen molar-refractivity contribution in [2.24, 2.45) is 5.92 Å². The molecule has 0 aliphatic rings. The molecule has 3 heteroatoms. The van der Waals surface area contributed by atoms with Gasteiger partial charge in [0.25, 0.3) is 5.91 Å². The highest BCUT2D eigenvalue weighted by molar-refractivity contribution is 5.78. The molecule has 1 atom stereocenters. The Bertz CT molecular complexity index is 665. The third-order valence-corrected chi connectivity index (χ3v) is 3.95. The van der Waals surface area contributed by atoms with E-state index in [1.165, 1.54) is 0 Å². The number of nitrogens with one attached hydrogen (secondary N) is 1. The summed E-state index contributed by atoms with van der Waals surface area (Å²) in [7, 11) is 0. The van der Waals surface area contributed by atoms with Crippen LogP contribution >= 0.6 is 0 Å². The zero-order chi connectivity index (χ0) is 17.5. The summed E-state index contributed by atoms with van der Waals surface area (Å²) in [5.41, 5.74) is 3.29. The van der Waals surface area contributed by atoms with Gasteiger partial charge in [0, 0.05) is 0 Å². The zero-order valence-corrected chi connectivity index (χ0v) is 15.0. The van der Waals surface area contributed by atoms with Crippen LogP contribution < -0.4 is 10.1 Å². The van der Waals surface area contributed by atoms with E-state index in [-0.39, 0.29) is 18.6 Å². The predicted molar refractivity (Wildman–Crippen MR) is 98.2 cm³/mol. The van der Waals surface area contributed by atoms with Gasteiger partial charge in [0.05, 0.1) is 6.04 Å². The molecule has 1 N–H and O–H groups in total. The lowest BCUT2D eigenvalue weighted by atomic mass is 9.97. The lowest BCUT2D eigenvalue weighted by Crippen LogP contribution is -2.33. The Labute approximate surface area is 145 Å². The first kappa shape index (κ1) is 18.1. The fourth-order valence-corrected chi connectivity index (χ4v) is 2.68. The second kappa shape index (κ2) is 8.53. The standard InChI is InChI=1S/C21H27NO2/c1-15(2)12-19(18-8-6-5-7-9-18)22-21(23)14-24-20-13-16(3)10-11-17(20)4/h5-11,13,15,19H,12,14H2,1-4H3,(H,22,23)/t19-/m1/s1. The molecule has 2 rings (SSSR count). The molecule has 24 heavy (non-hydrogen) atoms. The van der Waals surface area contributed by atoms with Crippen LogP contribution in [0.4, 0.5) is 0 Å². The minimum absolute atomic E-state index is 0.0147. The van der Waals surface area contributed by atoms with Crippen molar-refractivity contribution in [1.82, 2.24) is 5.32 Å². The average molecular weight is 325 g/mol. The van der Waals surface area contributed by atoms with Crippen LogP contribution in [0.15, 0.2) is 48.5 Å². The summed E-state index contributed by atoms with van der Waals surface area (Å²) >= 11 is 0. The Kier molecular flexibility index (Phi) is 6.42. The van der Waals surface area contributed by atoms with E-state index in [2.05, 4.69) is 31.3 Å². The SMILES string of the molecule is Cc1ccc(C)c(OCC(=O)N[C@H](CC(C)C)c2ccccc2)c1. The summed E-state index contributed by atoms with van der Waals surface area (Å²) in [6, 6.07) is 16.1. The molecule has 2 aromatic rings. The topological polar surface area (TPSA) is 38.3 Å². The molecule has 0 fully saturated rings. The molecule has 0 spiro atoms. The van der Waals surface area contributed by atoms with Crippen LogP contribution in [-0.2, 0) is 4.79 Å². The van der Waals surface area contributed by atoms with Crippen LogP contribution in [0.5, 0.6) is 5.75 Å². The van der Waals surface area contributed by atoms with Gasteiger partial charge in [-0.2, -0.15) is 0 Å². The number of ether oxygens (including phenoxy) is 1. The van der Waals surface area contributed by atoms with Crippen LogP contribution in [0, 0.1) is 19.8 Å². The first-order valence-electron chi connectivity index (χ1n) is 8.50. The Morgan fingerprint density at radius 1 is 1.08 bits per heavy atom. The van der Waals surface area contributed by atoms with Gasteiger partial charge in [-0.15, -0.1) is 0 Å². The highest BCUT2D eigenvalue weighted by atomic mass is 16.5. The van der Waals surface area contributed by atoms with Gasteiger partial charge < -0.3 is 10.1 Å². The fourth-order valence-electron chi connectivity index (χ4n) is 2.68. The van der Waals surface area contributed by atoms with E-state index in [0.29, 0.717) is 5.92 Å². The van der Waals surface area contributed by atoms with Crippen LogP contribution in [-0.4, -0.2) is 12.5 Å². The van der Waals surface area contributed by atoms with Crippen molar-refractivity contribution in [3.8, 4) is 5.75 Å². The van der Waals surface area contributed by atoms with Crippen molar-refractivity contribution in [3.63, 3.8) is 0 Å². The smallest absolute Gasteiger partial charge is 0.258 e. The van der Waals surface area contributed by atoms with Crippen molar-refractivity contribution in [2.75, 3.05) is 6.61 Å². The Morgan fingerprint density at radius 2 is 1.79 bits per heavy atom. The number of carbonyl (C=O) groups excluding carboxylic acids is 1. The molecule has 3 nitrogen and oxygen atoms in total. The highest BCUT2D eigenvalue weighted by Crippen LogP contribution is 2.22. The number of hydrogen-bond acceptors (Lipinski definition) is 2. The molecule has 0 aromatic heterocycles. The third-order valence-electron chi connectivity index (χ3n) is 3.95. The molecule has 2 aromatic carbocycles. The lowest BCUT2D eigenvalue weighted by molar-refractivity contribution is -0.124. The molecular formula is C21H27NO2. The fraction of sp³-hybridized carbons (Fsp3) is 0.381. The quantitative estimate of drug-likeness (QED) is 0.809. The van der Waals surface area contributed by atoms with Crippen molar-refractivity contribution >= 4 is 5.91 Å². The van der Waals surface area contributed by atoms with Crippen molar-refractivity contribution in [3.05, 3.63) is 65.2 Å². The van der Waals surface area contributed by atoms with E-state index < -0.39 is 0 Å². The largest absolute Gasteiger partial charge is 0.483 e. The number of benzene rings is 2. The second-order valence-electron chi connectivity index (χ2n) is 6.72. The Balaban J connectivity index is 1.99. The van der Waals surface area contributed by atoms with Gasteiger partial charge in [0.15, 0.2) is 6.61 Å². The third kappa shape index (κ3) is 5.41. The summed E-state index contributed by atoms with van der Waals surface area (Å²) in [5.74, 6) is 1.17. The molecule has 0 heterocycles. The number of hydrogen-bond donors (Lipinski definition) is 1. The minimum Gasteiger partial charge on any atom is -0.483 e. The van der Waals surface area contributed by atoms with E-state index in [1.807, 2.05) is 50.2 Å². The normalized spacial score (nSPS) is 12.0. The van der Waals surface area contributed by atoms with E-state index in [1.54, 1.807) is 0 Å². The van der Waals surface area contributed by atoms with Gasteiger partial charge in [-0.05, 0) is 48.9 Å². The molecule has 1 amide bonds. The maximum atomic E-state index is 12.3. The molecular weight excluding hydrogens is 298 g/mol. The Hall–Kier alpha value is -2.29. The van der Waals surface area contributed by atoms with Crippen LogP contribution in [0.25, 0.3) is 0 Å². The summed E-state index contributed by atoms with van der Waals surface area (Å²) in [6.07, 6.45) is 0.902. The lowest BCUT2D eigenvalue weighted by Gasteiger charge is -2.21. The van der Waals surface area contributed by atoms with E-state index in [0.717, 1.165) is 28.9 Å². The van der Waals surface area contributed by atoms with E-state index in [9.17, 15) is 4.79 Å². The van der Waals surface area contributed by atoms with Gasteiger partial charge in [0.1, 0.15) is 5.75 Å². The zero-order valence-electron chi connectivity index (χ0n) is 15.0. The van der Waals surface area contributed by atoms with Crippen molar-refractivity contribution < 1.29 is 9.53 Å². The molecule has 0 bridgehead atoms. The van der Waals surface area contributed by atoms with Gasteiger partial charge in [-0.1, -0.05) is 56.3 Å². The molecule has 0 aliphatic carbocycles. The minimum atomic E-state index is -0.0922. The highest BCUT2D eigenvalue weighted by Gasteiger charge is 2.16. The number of aryl methyl sites for hydroxylation is 2. The summed E-state index contributed by atoms with van der Waals surface area (Å²) in [6.45, 7) is 8.35. The number of amides is 1. The van der Waals surface area contributed by atoms with Gasteiger partial charge in [-0.3, -0.25) is 4.79 Å². The summed E-state index contributed by atoms with van der Waals surface area (Å²) < 4.78 is 5.71. The molecule has 0 saturated heterocycles. The van der Waals surface area contributed by atoms with Gasteiger partial charge in [-0.25, -0.2) is 0 Å². The van der Waals surface area contributed by atoms with Crippen molar-refractivity contribution in [1.29, 1.82) is 0 Å². The van der Waals surface area contributed by atoms with Crippen LogP contribution in [0.2, 0.25) is 0 Å². The van der Waals surface area contributed by atoms with E-state index in [4.69, 9.17) is 4.74 Å². The number of rotatable bonds is 7. The van der Waals surface area contributed by atoms with E-state index >= 15 is 0 Å². The van der Waals surface area contributed by atoms with Crippen LogP contribution in [0.1, 0.15) is 43.0 Å². The predicted octanol–water partition coefficient (Wildman–Crippen LogP) is 4.59. The molecule has 0 unspecified atom stereocenters. The van der Waals surface area contributed by atoms with Gasteiger partial charge in [0.2, 0.25) is 0 Å². The van der Waals surface area contributed by atoms with Crippen molar-refractivity contribution in [2.45, 2.75) is 40.2 Å². The Morgan fingerprint density at radius 3 is 2.46 bits per heavy atom. The first-order chi connectivity index (χ1) is 11.5. The maximum absolute atomic E-state index is 12.3. The summed E-state index contributed by atoms with van der Waals surface area (Å²) in [4.78, 5) is 12.3. The molecule has 0 radical (unpaired) electrons. The maximum Gasteiger partial charge on any atom is 0.258 e. The first-order valence-corrected chi connectivity index (χ1v) is 8.50. The second-order valence-corrected chi connectivity index (χ2v) is 6.72. The number of carbonyl (C=O) groups is 1. The molecule has 0 aliphatic heterocycles. The summed E-state index contributed by atoms with van der Waals surface area (Å²) in [5, 5.41) is 3.11. The monoisotopic (exact) mass is 325 g/mol. The van der Waals surface area contributed by atoms with Crippen LogP contribution in [0.3, 0.4) is 0 Å². The molecule has 0 saturated carbocycles. The van der Waals surface area contributed by atoms with Gasteiger partial charge >= 0.3 is 0 Å². The molecule has 128 valence electrons.